The Morgan fingerprint density at radius 3 is 2.06 bits per heavy atom. The second-order valence-electron chi connectivity index (χ2n) is 3.26. The summed E-state index contributed by atoms with van der Waals surface area (Å²) >= 11 is 0. The molecule has 0 heterocycles. The van der Waals surface area contributed by atoms with E-state index in [9.17, 15) is 8.42 Å². The number of ether oxygens (including phenoxy) is 1. The molecule has 0 fully saturated rings. The maximum Gasteiger partial charge on any atom is 0.244 e. The molecule has 7 heteroatoms. The van der Waals surface area contributed by atoms with Gasteiger partial charge < -0.3 is 4.74 Å². The van der Waals surface area contributed by atoms with Gasteiger partial charge in [-0.15, -0.1) is 0 Å². The molecule has 0 spiro atoms. The maximum atomic E-state index is 12.1. The number of methoxy groups -OCH3 is 1. The molecule has 1 aromatic carbocycles. The fourth-order valence-electron chi connectivity index (χ4n) is 1.28. The highest BCUT2D eigenvalue weighted by Crippen LogP contribution is 2.18. The van der Waals surface area contributed by atoms with E-state index in [0.717, 1.165) is 4.31 Å². The van der Waals surface area contributed by atoms with Gasteiger partial charge in [-0.3, -0.25) is 0 Å². The molecule has 1 aromatic rings. The summed E-state index contributed by atoms with van der Waals surface area (Å²) in [6.45, 7) is -0.718. The van der Waals surface area contributed by atoms with E-state index >= 15 is 0 Å². The lowest BCUT2D eigenvalue weighted by Gasteiger charge is -2.15. The number of nitrogens with zero attached hydrogens (tertiary/aromatic N) is 3. The average Bonchev–Trinajstić information content (AvgIpc) is 2.38. The number of benzene rings is 1. The first-order valence-electron chi connectivity index (χ1n) is 4.94. The number of hydrogen-bond acceptors (Lipinski definition) is 5. The minimum absolute atomic E-state index is 0.0220. The second-order valence-corrected chi connectivity index (χ2v) is 5.20. The van der Waals surface area contributed by atoms with Gasteiger partial charge in [0.25, 0.3) is 0 Å². The van der Waals surface area contributed by atoms with Crippen LogP contribution < -0.4 is 4.74 Å². The molecule has 6 nitrogen and oxygen atoms in total. The van der Waals surface area contributed by atoms with E-state index in [2.05, 4.69) is 0 Å². The lowest BCUT2D eigenvalue weighted by atomic mass is 10.3. The second kappa shape index (κ2) is 6.01. The Balaban J connectivity index is 3.11. The molecule has 0 aliphatic carbocycles. The normalized spacial score (nSPS) is 10.7. The average molecular weight is 265 g/mol. The third-order valence-electron chi connectivity index (χ3n) is 2.19. The van der Waals surface area contributed by atoms with Crippen molar-refractivity contribution in [1.29, 1.82) is 10.5 Å². The Labute approximate surface area is 106 Å². The van der Waals surface area contributed by atoms with Gasteiger partial charge in [-0.25, -0.2) is 8.42 Å². The number of rotatable bonds is 5. The van der Waals surface area contributed by atoms with Gasteiger partial charge in [0.05, 0.1) is 24.1 Å². The molecule has 0 aliphatic heterocycles. The topological polar surface area (TPSA) is 94.2 Å². The molecule has 1 rings (SSSR count). The van der Waals surface area contributed by atoms with Crippen LogP contribution >= 0.6 is 0 Å². The Bertz CT molecular complexity index is 565. The first kappa shape index (κ1) is 14.0. The molecular formula is C11H11N3O3S. The first-order chi connectivity index (χ1) is 8.56. The Morgan fingerprint density at radius 1 is 1.17 bits per heavy atom. The highest BCUT2D eigenvalue weighted by Gasteiger charge is 2.23. The lowest BCUT2D eigenvalue weighted by molar-refractivity contribution is 0.414. The molecule has 0 radical (unpaired) electrons. The van der Waals surface area contributed by atoms with Crippen molar-refractivity contribution < 1.29 is 13.2 Å². The van der Waals surface area contributed by atoms with Gasteiger partial charge in [0, 0.05) is 0 Å². The number of sulfonamides is 1. The summed E-state index contributed by atoms with van der Waals surface area (Å²) in [5, 5.41) is 17.1. The minimum Gasteiger partial charge on any atom is -0.497 e. The summed E-state index contributed by atoms with van der Waals surface area (Å²) in [5.74, 6) is 0.529. The first-order valence-corrected chi connectivity index (χ1v) is 6.38. The van der Waals surface area contributed by atoms with Crippen LogP contribution in [-0.2, 0) is 10.0 Å². The monoisotopic (exact) mass is 265 g/mol. The van der Waals surface area contributed by atoms with Crippen molar-refractivity contribution in [2.45, 2.75) is 4.90 Å². The van der Waals surface area contributed by atoms with Crippen LogP contribution in [0.15, 0.2) is 29.2 Å². The molecule has 0 aliphatic rings. The largest absolute Gasteiger partial charge is 0.497 e. The predicted molar refractivity (Wildman–Crippen MR) is 63.0 cm³/mol. The van der Waals surface area contributed by atoms with Crippen molar-refractivity contribution in [3.63, 3.8) is 0 Å². The van der Waals surface area contributed by atoms with Gasteiger partial charge >= 0.3 is 0 Å². The summed E-state index contributed by atoms with van der Waals surface area (Å²) in [6, 6.07) is 9.19. The van der Waals surface area contributed by atoms with Crippen molar-refractivity contribution in [2.24, 2.45) is 0 Å². The smallest absolute Gasteiger partial charge is 0.244 e. The molecular weight excluding hydrogens is 254 g/mol. The van der Waals surface area contributed by atoms with E-state index in [-0.39, 0.29) is 18.0 Å². The van der Waals surface area contributed by atoms with Crippen LogP contribution in [0.1, 0.15) is 0 Å². The van der Waals surface area contributed by atoms with Crippen LogP contribution in [0, 0.1) is 22.7 Å². The van der Waals surface area contributed by atoms with Gasteiger partial charge in [0.1, 0.15) is 18.8 Å². The molecule has 0 saturated carbocycles. The van der Waals surface area contributed by atoms with E-state index in [1.54, 1.807) is 12.1 Å². The predicted octanol–water partition coefficient (Wildman–Crippen LogP) is 0.733. The van der Waals surface area contributed by atoms with Crippen molar-refractivity contribution >= 4 is 10.0 Å². The third-order valence-corrected chi connectivity index (χ3v) is 4.00. The van der Waals surface area contributed by atoms with Crippen molar-refractivity contribution in [1.82, 2.24) is 4.31 Å². The third kappa shape index (κ3) is 2.98. The molecule has 94 valence electrons. The van der Waals surface area contributed by atoms with Crippen LogP contribution in [0.4, 0.5) is 0 Å². The number of nitriles is 2. The summed E-state index contributed by atoms with van der Waals surface area (Å²) in [7, 11) is -2.34. The fourth-order valence-corrected chi connectivity index (χ4v) is 2.51. The Kier molecular flexibility index (Phi) is 4.67. The van der Waals surface area contributed by atoms with Gasteiger partial charge in [-0.05, 0) is 24.3 Å². The van der Waals surface area contributed by atoms with Gasteiger partial charge in [-0.2, -0.15) is 14.8 Å². The van der Waals surface area contributed by atoms with Crippen molar-refractivity contribution in [3.8, 4) is 17.9 Å². The Morgan fingerprint density at radius 2 is 1.67 bits per heavy atom. The van der Waals surface area contributed by atoms with E-state index in [0.29, 0.717) is 5.75 Å². The lowest BCUT2D eigenvalue weighted by Crippen LogP contribution is -2.31. The quantitative estimate of drug-likeness (QED) is 0.731. The van der Waals surface area contributed by atoms with Crippen LogP contribution in [0.3, 0.4) is 0 Å². The maximum absolute atomic E-state index is 12.1. The van der Waals surface area contributed by atoms with Crippen LogP contribution in [-0.4, -0.2) is 32.9 Å². The summed E-state index contributed by atoms with van der Waals surface area (Å²) in [5.41, 5.74) is 0. The van der Waals surface area contributed by atoms with Crippen LogP contribution in [0.5, 0.6) is 5.75 Å². The van der Waals surface area contributed by atoms with Crippen LogP contribution in [0.25, 0.3) is 0 Å². The summed E-state index contributed by atoms with van der Waals surface area (Å²) in [4.78, 5) is 0.0220. The highest BCUT2D eigenvalue weighted by atomic mass is 32.2. The zero-order chi connectivity index (χ0) is 13.6. The van der Waals surface area contributed by atoms with E-state index in [4.69, 9.17) is 15.3 Å². The molecule has 18 heavy (non-hydrogen) atoms. The van der Waals surface area contributed by atoms with E-state index in [1.165, 1.54) is 31.4 Å². The number of hydrogen-bond donors (Lipinski definition) is 0. The molecule has 0 saturated heterocycles. The van der Waals surface area contributed by atoms with Crippen LogP contribution in [0.2, 0.25) is 0 Å². The SMILES string of the molecule is COc1ccc(S(=O)(=O)N(CC#N)CC#N)cc1. The van der Waals surface area contributed by atoms with E-state index in [1.807, 2.05) is 0 Å². The molecule has 0 unspecified atom stereocenters. The molecule has 0 N–H and O–H groups in total. The molecule has 0 aromatic heterocycles. The van der Waals surface area contributed by atoms with Gasteiger partial charge in [-0.1, -0.05) is 0 Å². The molecule has 0 bridgehead atoms. The van der Waals surface area contributed by atoms with Crippen molar-refractivity contribution in [3.05, 3.63) is 24.3 Å². The van der Waals surface area contributed by atoms with Gasteiger partial charge in [0.15, 0.2) is 0 Å². The Hall–Kier alpha value is -2.09. The summed E-state index contributed by atoms with van der Waals surface area (Å²) < 4.78 is 29.9. The molecule has 0 amide bonds. The zero-order valence-electron chi connectivity index (χ0n) is 9.70. The van der Waals surface area contributed by atoms with Gasteiger partial charge in [0.2, 0.25) is 10.0 Å². The minimum atomic E-state index is -3.82. The summed E-state index contributed by atoms with van der Waals surface area (Å²) in [6.07, 6.45) is 0. The standard InChI is InChI=1S/C11H11N3O3S/c1-17-10-2-4-11(5-3-10)18(15,16)14(8-6-12)9-7-13/h2-5H,8-9H2,1H3. The van der Waals surface area contributed by atoms with Crippen molar-refractivity contribution in [2.75, 3.05) is 20.2 Å². The molecule has 0 atom stereocenters. The van der Waals surface area contributed by atoms with E-state index < -0.39 is 10.0 Å². The highest BCUT2D eigenvalue weighted by molar-refractivity contribution is 7.89. The fraction of sp³-hybridized carbons (Fsp3) is 0.273. The zero-order valence-corrected chi connectivity index (χ0v) is 10.5.